The van der Waals surface area contributed by atoms with Crippen molar-refractivity contribution in [1.29, 1.82) is 0 Å². The Morgan fingerprint density at radius 2 is 1.94 bits per heavy atom. The molecule has 2 N–H and O–H groups in total. The molecule has 0 radical (unpaired) electrons. The quantitative estimate of drug-likeness (QED) is 0.669. The van der Waals surface area contributed by atoms with Crippen LogP contribution in [-0.4, -0.2) is 57.7 Å². The van der Waals surface area contributed by atoms with Crippen molar-refractivity contribution in [3.05, 3.63) is 23.6 Å². The molecule has 0 aromatic rings. The van der Waals surface area contributed by atoms with Crippen LogP contribution in [0.15, 0.2) is 23.6 Å². The minimum Gasteiger partial charge on any atom is -0.390 e. The van der Waals surface area contributed by atoms with E-state index in [1.54, 1.807) is 20.8 Å². The molecule has 0 bridgehead atoms. The number of carbonyl (C=O) groups excluding carboxylic acids is 2. The molecule has 1 heterocycles. The Labute approximate surface area is 185 Å². The molecule has 0 spiro atoms. The molecule has 5 rings (SSSR count). The fourth-order valence-corrected chi connectivity index (χ4v) is 8.00. The molecule has 176 valence electrons. The molecule has 3 saturated carbocycles. The Bertz CT molecular complexity index is 974. The highest BCUT2D eigenvalue weighted by Gasteiger charge is 2.80. The van der Waals surface area contributed by atoms with Crippen molar-refractivity contribution in [2.75, 3.05) is 6.61 Å². The third kappa shape index (κ3) is 2.27. The van der Waals surface area contributed by atoms with Crippen LogP contribution in [0, 0.1) is 22.7 Å². The molecule has 0 amide bonds. The Kier molecular flexibility index (Phi) is 4.42. The lowest BCUT2D eigenvalue weighted by Crippen LogP contribution is -2.70. The maximum Gasteiger partial charge on any atom is 0.213 e. The van der Waals surface area contributed by atoms with Gasteiger partial charge in [0.1, 0.15) is 6.61 Å². The molecule has 1 aliphatic heterocycles. The first-order chi connectivity index (χ1) is 14.8. The number of carbonyl (C=O) groups is 2. The first kappa shape index (κ1) is 22.3. The van der Waals surface area contributed by atoms with Gasteiger partial charge in [0.25, 0.3) is 0 Å². The second-order valence-electron chi connectivity index (χ2n) is 11.0. The number of ketones is 2. The number of aliphatic hydroxyl groups is 2. The standard InChI is InChI=1S/C24H30F2O6/c1-20(2)31-18-9-14-12-5-6-13-19(25)15(28)7-8-21(13,3)23(12,26)16(29)10-22(14,4)24(18,32-20)17(30)11-27/h7-8,12,14,16,18,27,29H,5-6,9-11H2,1-4H3/t12-,14-,16-,18+,21-,22-,23-,24+/m0/s1. The number of hydrogen-bond donors (Lipinski definition) is 2. The summed E-state index contributed by atoms with van der Waals surface area (Å²) in [6.45, 7) is 6.00. The van der Waals surface area contributed by atoms with Crippen LogP contribution >= 0.6 is 0 Å². The Hall–Kier alpha value is -1.48. The van der Waals surface area contributed by atoms with Gasteiger partial charge in [-0.1, -0.05) is 13.0 Å². The third-order valence-electron chi connectivity index (χ3n) is 9.28. The number of aliphatic hydroxyl groups excluding tert-OH is 2. The molecular weight excluding hydrogens is 422 g/mol. The smallest absolute Gasteiger partial charge is 0.213 e. The highest BCUT2D eigenvalue weighted by Crippen LogP contribution is 2.72. The molecule has 4 fully saturated rings. The molecule has 0 unspecified atom stereocenters. The molecule has 6 nitrogen and oxygen atoms in total. The SMILES string of the molecule is CC1(C)O[C@@H]2C[C@H]3[C@@H]4CCC5=C(F)C(=O)C=C[C@]5(C)[C@@]4(F)[C@@H](O)C[C@]3(C)[C@]2(C(=O)CO)O1. The molecule has 4 aliphatic carbocycles. The lowest BCUT2D eigenvalue weighted by molar-refractivity contribution is -0.246. The van der Waals surface area contributed by atoms with Crippen molar-refractivity contribution >= 4 is 11.6 Å². The summed E-state index contributed by atoms with van der Waals surface area (Å²) in [4.78, 5) is 25.1. The van der Waals surface area contributed by atoms with Crippen molar-refractivity contribution in [3.63, 3.8) is 0 Å². The minimum atomic E-state index is -2.23. The predicted molar refractivity (Wildman–Crippen MR) is 109 cm³/mol. The number of hydrogen-bond acceptors (Lipinski definition) is 6. The van der Waals surface area contributed by atoms with Gasteiger partial charge in [-0.2, -0.15) is 0 Å². The summed E-state index contributed by atoms with van der Waals surface area (Å²) in [6.07, 6.45) is 0.859. The minimum absolute atomic E-state index is 0.0966. The van der Waals surface area contributed by atoms with Gasteiger partial charge in [-0.05, 0) is 64.0 Å². The van der Waals surface area contributed by atoms with E-state index in [1.807, 2.05) is 6.92 Å². The Balaban J connectivity index is 1.65. The van der Waals surface area contributed by atoms with E-state index in [0.29, 0.717) is 6.42 Å². The molecule has 32 heavy (non-hydrogen) atoms. The number of Topliss-reactive ketones (excluding diaryl/α,β-unsaturated/α-hetero) is 1. The molecular formula is C24H30F2O6. The third-order valence-corrected chi connectivity index (χ3v) is 9.28. The van der Waals surface area contributed by atoms with Crippen molar-refractivity contribution in [2.24, 2.45) is 22.7 Å². The predicted octanol–water partition coefficient (Wildman–Crippen LogP) is 2.72. The molecule has 5 aliphatic rings. The number of allylic oxidation sites excluding steroid dienone is 4. The average Bonchev–Trinajstić information content (AvgIpc) is 3.12. The van der Waals surface area contributed by atoms with Crippen molar-refractivity contribution in [2.45, 2.75) is 82.6 Å². The van der Waals surface area contributed by atoms with Crippen LogP contribution in [0.25, 0.3) is 0 Å². The van der Waals surface area contributed by atoms with Crippen LogP contribution in [0.4, 0.5) is 8.78 Å². The average molecular weight is 452 g/mol. The van der Waals surface area contributed by atoms with Gasteiger partial charge < -0.3 is 19.7 Å². The molecule has 8 heteroatoms. The van der Waals surface area contributed by atoms with Crippen LogP contribution < -0.4 is 0 Å². The second-order valence-corrected chi connectivity index (χ2v) is 11.0. The van der Waals surface area contributed by atoms with E-state index in [-0.39, 0.29) is 24.8 Å². The van der Waals surface area contributed by atoms with Crippen LogP contribution in [0.5, 0.6) is 0 Å². The fraction of sp³-hybridized carbons (Fsp3) is 0.750. The van der Waals surface area contributed by atoms with Gasteiger partial charge in [0.2, 0.25) is 5.78 Å². The van der Waals surface area contributed by atoms with E-state index >= 15 is 4.39 Å². The van der Waals surface area contributed by atoms with E-state index in [0.717, 1.165) is 6.08 Å². The monoisotopic (exact) mass is 452 g/mol. The van der Waals surface area contributed by atoms with Gasteiger partial charge in [-0.3, -0.25) is 9.59 Å². The summed E-state index contributed by atoms with van der Waals surface area (Å²) in [7, 11) is 0. The second kappa shape index (κ2) is 6.34. The number of fused-ring (bicyclic) bond motifs is 7. The summed E-state index contributed by atoms with van der Waals surface area (Å²) in [5.41, 5.74) is -6.09. The Morgan fingerprint density at radius 3 is 2.59 bits per heavy atom. The highest BCUT2D eigenvalue weighted by atomic mass is 19.1. The number of ether oxygens (including phenoxy) is 2. The number of alkyl halides is 1. The van der Waals surface area contributed by atoms with Gasteiger partial charge >= 0.3 is 0 Å². The van der Waals surface area contributed by atoms with Crippen LogP contribution in [0.2, 0.25) is 0 Å². The van der Waals surface area contributed by atoms with Crippen molar-refractivity contribution in [3.8, 4) is 0 Å². The summed E-state index contributed by atoms with van der Waals surface area (Å²) in [5, 5.41) is 21.1. The van der Waals surface area contributed by atoms with Gasteiger partial charge in [-0.25, -0.2) is 8.78 Å². The maximum atomic E-state index is 17.1. The van der Waals surface area contributed by atoms with E-state index in [1.165, 1.54) is 6.08 Å². The molecule has 8 atom stereocenters. The first-order valence-corrected chi connectivity index (χ1v) is 11.3. The number of rotatable bonds is 2. The topological polar surface area (TPSA) is 93.1 Å². The van der Waals surface area contributed by atoms with E-state index < -0.39 is 75.9 Å². The summed E-state index contributed by atoms with van der Waals surface area (Å²) in [5.74, 6) is -4.42. The van der Waals surface area contributed by atoms with Gasteiger partial charge in [-0.15, -0.1) is 0 Å². The van der Waals surface area contributed by atoms with Gasteiger partial charge in [0, 0.05) is 16.7 Å². The largest absolute Gasteiger partial charge is 0.390 e. The lowest BCUT2D eigenvalue weighted by Gasteiger charge is -2.62. The van der Waals surface area contributed by atoms with E-state index in [2.05, 4.69) is 0 Å². The summed E-state index contributed by atoms with van der Waals surface area (Å²) < 4.78 is 44.2. The van der Waals surface area contributed by atoms with Gasteiger partial charge in [0.15, 0.2) is 28.7 Å². The maximum absolute atomic E-state index is 17.1. The Morgan fingerprint density at radius 1 is 1.25 bits per heavy atom. The summed E-state index contributed by atoms with van der Waals surface area (Å²) in [6, 6.07) is 0. The van der Waals surface area contributed by atoms with Crippen molar-refractivity contribution in [1.82, 2.24) is 0 Å². The molecule has 0 aromatic carbocycles. The zero-order chi connectivity index (χ0) is 23.5. The van der Waals surface area contributed by atoms with Crippen LogP contribution in [0.1, 0.15) is 53.4 Å². The van der Waals surface area contributed by atoms with Crippen LogP contribution in [0.3, 0.4) is 0 Å². The highest BCUT2D eigenvalue weighted by molar-refractivity contribution is 6.04. The van der Waals surface area contributed by atoms with Crippen molar-refractivity contribution < 1.29 is 38.1 Å². The fourth-order valence-electron chi connectivity index (χ4n) is 8.00. The summed E-state index contributed by atoms with van der Waals surface area (Å²) >= 11 is 0. The zero-order valence-electron chi connectivity index (χ0n) is 18.8. The van der Waals surface area contributed by atoms with E-state index in [4.69, 9.17) is 9.47 Å². The zero-order valence-corrected chi connectivity index (χ0v) is 18.8. The normalized spacial score (nSPS) is 51.2. The van der Waals surface area contributed by atoms with Crippen LogP contribution in [-0.2, 0) is 19.1 Å². The first-order valence-electron chi connectivity index (χ1n) is 11.3. The van der Waals surface area contributed by atoms with E-state index in [9.17, 15) is 24.2 Å². The molecule has 0 aromatic heterocycles. The van der Waals surface area contributed by atoms with Gasteiger partial charge in [0.05, 0.1) is 12.2 Å². The lowest BCUT2D eigenvalue weighted by atomic mass is 9.44. The number of halogens is 2. The molecule has 1 saturated heterocycles.